The quantitative estimate of drug-likeness (QED) is 0.384. The molecule has 182 valence electrons. The Labute approximate surface area is 192 Å². The van der Waals surface area contributed by atoms with Crippen molar-refractivity contribution in [1.82, 2.24) is 9.55 Å². The van der Waals surface area contributed by atoms with Crippen LogP contribution < -0.4 is 5.56 Å². The molecule has 0 amide bonds. The van der Waals surface area contributed by atoms with Gasteiger partial charge in [-0.3, -0.25) is 9.36 Å². The molecule has 0 radical (unpaired) electrons. The van der Waals surface area contributed by atoms with Crippen LogP contribution in [0.15, 0.2) is 77.6 Å². The number of para-hydroxylation sites is 1. The Hall–Kier alpha value is -3.73. The number of hydrogen-bond acceptors (Lipinski definition) is 3. The summed E-state index contributed by atoms with van der Waals surface area (Å²) in [7, 11) is 0. The summed E-state index contributed by atoms with van der Waals surface area (Å²) in [4.78, 5) is 17.7. The second kappa shape index (κ2) is 8.49. The maximum absolute atomic E-state index is 13.7. The number of aliphatic hydroxyl groups is 1. The van der Waals surface area contributed by atoms with Crippen LogP contribution >= 0.6 is 0 Å². The van der Waals surface area contributed by atoms with E-state index < -0.39 is 34.9 Å². The van der Waals surface area contributed by atoms with E-state index in [0.717, 1.165) is 16.7 Å². The Kier molecular flexibility index (Phi) is 5.92. The number of halogens is 7. The highest BCUT2D eigenvalue weighted by atomic mass is 19.4. The van der Waals surface area contributed by atoms with Crippen molar-refractivity contribution in [2.45, 2.75) is 24.4 Å². The molecule has 0 aliphatic carbocycles. The van der Waals surface area contributed by atoms with Crippen LogP contribution in [0.1, 0.15) is 17.0 Å². The van der Waals surface area contributed by atoms with Gasteiger partial charge in [-0.2, -0.15) is 26.3 Å². The molecule has 11 heteroatoms. The van der Waals surface area contributed by atoms with Crippen molar-refractivity contribution in [1.29, 1.82) is 0 Å². The predicted molar refractivity (Wildman–Crippen MR) is 113 cm³/mol. The molecule has 4 rings (SSSR count). The summed E-state index contributed by atoms with van der Waals surface area (Å²) >= 11 is 0. The van der Waals surface area contributed by atoms with Crippen LogP contribution in [0, 0.1) is 5.82 Å². The topological polar surface area (TPSA) is 55.1 Å². The third-order valence-electron chi connectivity index (χ3n) is 5.46. The average molecular weight is 496 g/mol. The van der Waals surface area contributed by atoms with Gasteiger partial charge in [0, 0.05) is 12.0 Å². The maximum atomic E-state index is 13.7. The molecule has 1 N–H and O–H groups in total. The second-order valence-corrected chi connectivity index (χ2v) is 7.75. The predicted octanol–water partition coefficient (Wildman–Crippen LogP) is 5.43. The molecule has 4 nitrogen and oxygen atoms in total. The summed E-state index contributed by atoms with van der Waals surface area (Å²) in [6.45, 7) is 0. The summed E-state index contributed by atoms with van der Waals surface area (Å²) in [6, 6.07) is 14.3. The molecule has 1 aromatic heterocycles. The zero-order valence-corrected chi connectivity index (χ0v) is 17.5. The first kappa shape index (κ1) is 24.4. The zero-order chi connectivity index (χ0) is 25.6. The van der Waals surface area contributed by atoms with Crippen molar-refractivity contribution < 1.29 is 35.8 Å². The van der Waals surface area contributed by atoms with Crippen LogP contribution in [0.25, 0.3) is 16.6 Å². The van der Waals surface area contributed by atoms with Gasteiger partial charge in [0.25, 0.3) is 11.2 Å². The van der Waals surface area contributed by atoms with E-state index in [2.05, 4.69) is 4.98 Å². The highest BCUT2D eigenvalue weighted by molar-refractivity contribution is 5.77. The fourth-order valence-corrected chi connectivity index (χ4v) is 3.73. The lowest BCUT2D eigenvalue weighted by Crippen LogP contribution is -2.53. The van der Waals surface area contributed by atoms with Crippen molar-refractivity contribution >= 4 is 10.9 Å². The van der Waals surface area contributed by atoms with Gasteiger partial charge in [-0.25, -0.2) is 9.37 Å². The molecule has 35 heavy (non-hydrogen) atoms. The Bertz CT molecular complexity index is 1430. The van der Waals surface area contributed by atoms with E-state index in [-0.39, 0.29) is 23.3 Å². The molecule has 0 saturated carbocycles. The summed E-state index contributed by atoms with van der Waals surface area (Å²) in [5.74, 6) is -0.464. The molecule has 0 aliphatic rings. The van der Waals surface area contributed by atoms with Gasteiger partial charge in [-0.15, -0.1) is 0 Å². The molecular weight excluding hydrogens is 481 g/mol. The van der Waals surface area contributed by atoms with Crippen molar-refractivity contribution in [3.05, 3.63) is 106 Å². The first-order valence-corrected chi connectivity index (χ1v) is 10.0. The number of hydrogen-bond donors (Lipinski definition) is 1. The minimum Gasteiger partial charge on any atom is -0.369 e. The van der Waals surface area contributed by atoms with E-state index >= 15 is 0 Å². The van der Waals surface area contributed by atoms with Crippen LogP contribution in [0.2, 0.25) is 0 Å². The van der Waals surface area contributed by atoms with Gasteiger partial charge < -0.3 is 5.11 Å². The zero-order valence-electron chi connectivity index (χ0n) is 17.5. The number of alkyl halides is 6. The van der Waals surface area contributed by atoms with Gasteiger partial charge in [0.1, 0.15) is 11.6 Å². The van der Waals surface area contributed by atoms with Gasteiger partial charge in [0.2, 0.25) is 0 Å². The summed E-state index contributed by atoms with van der Waals surface area (Å²) < 4.78 is 94.0. The minimum atomic E-state index is -6.04. The number of benzene rings is 3. The molecular formula is C24H15F7N2O2. The molecule has 0 bridgehead atoms. The molecule has 1 heterocycles. The summed E-state index contributed by atoms with van der Waals surface area (Å²) in [5, 5.41) is 9.78. The Morgan fingerprint density at radius 3 is 2.06 bits per heavy atom. The maximum Gasteiger partial charge on any atom is 0.430 e. The van der Waals surface area contributed by atoms with Gasteiger partial charge in [0.15, 0.2) is 0 Å². The van der Waals surface area contributed by atoms with E-state index in [1.165, 1.54) is 24.3 Å². The smallest absolute Gasteiger partial charge is 0.369 e. The lowest BCUT2D eigenvalue weighted by molar-refractivity contribution is -0.376. The second-order valence-electron chi connectivity index (χ2n) is 7.75. The van der Waals surface area contributed by atoms with Crippen molar-refractivity contribution in [2.75, 3.05) is 0 Å². The fraction of sp³-hybridized carbons (Fsp3) is 0.167. The van der Waals surface area contributed by atoms with E-state index in [9.17, 15) is 40.6 Å². The molecule has 3 aromatic carbocycles. The van der Waals surface area contributed by atoms with Gasteiger partial charge in [-0.1, -0.05) is 36.4 Å². The van der Waals surface area contributed by atoms with Crippen LogP contribution in [-0.4, -0.2) is 27.0 Å². The Morgan fingerprint density at radius 1 is 0.829 bits per heavy atom. The monoisotopic (exact) mass is 496 g/mol. The minimum absolute atomic E-state index is 0.0609. The summed E-state index contributed by atoms with van der Waals surface area (Å²) in [6.07, 6.45) is -12.2. The number of rotatable bonds is 4. The first-order chi connectivity index (χ1) is 16.3. The lowest BCUT2D eigenvalue weighted by atomic mass is 9.92. The Balaban J connectivity index is 1.89. The third-order valence-corrected chi connectivity index (χ3v) is 5.46. The molecule has 0 fully saturated rings. The lowest BCUT2D eigenvalue weighted by Gasteiger charge is -2.32. The third kappa shape index (κ3) is 4.27. The van der Waals surface area contributed by atoms with Crippen LogP contribution in [0.4, 0.5) is 30.7 Å². The van der Waals surface area contributed by atoms with E-state index in [1.54, 1.807) is 24.3 Å². The SMILES string of the molecule is O=c1c2ccccc2nc(Cc2cccc(F)c2)n1-c1ccc(C(O)(C(F)(F)F)C(F)(F)F)cc1. The molecule has 0 spiro atoms. The average Bonchev–Trinajstić information content (AvgIpc) is 2.77. The van der Waals surface area contributed by atoms with Gasteiger partial charge >= 0.3 is 12.4 Å². The standard InChI is InChI=1S/C24H15F7N2O2/c25-16-5-3-4-14(12-16)13-20-32-19-7-2-1-6-18(19)21(34)33(20)17-10-8-15(9-11-17)22(35,23(26,27)28)24(29,30)31/h1-12,35H,13H2. The number of fused-ring (bicyclic) bond motifs is 1. The normalized spacial score (nSPS) is 12.8. The highest BCUT2D eigenvalue weighted by Crippen LogP contribution is 2.50. The van der Waals surface area contributed by atoms with Crippen molar-refractivity contribution in [3.8, 4) is 5.69 Å². The largest absolute Gasteiger partial charge is 0.430 e. The molecule has 0 saturated heterocycles. The highest BCUT2D eigenvalue weighted by Gasteiger charge is 2.71. The van der Waals surface area contributed by atoms with E-state index in [1.807, 2.05) is 0 Å². The van der Waals surface area contributed by atoms with Gasteiger partial charge in [-0.05, 0) is 42.0 Å². The molecule has 0 unspecified atom stereocenters. The number of aromatic nitrogens is 2. The fourth-order valence-electron chi connectivity index (χ4n) is 3.73. The molecule has 4 aromatic rings. The molecule has 0 aliphatic heterocycles. The van der Waals surface area contributed by atoms with Crippen LogP contribution in [0.5, 0.6) is 0 Å². The van der Waals surface area contributed by atoms with Crippen molar-refractivity contribution in [2.24, 2.45) is 0 Å². The van der Waals surface area contributed by atoms with E-state index in [0.29, 0.717) is 23.2 Å². The van der Waals surface area contributed by atoms with Gasteiger partial charge in [0.05, 0.1) is 16.6 Å². The van der Waals surface area contributed by atoms with Crippen LogP contribution in [-0.2, 0) is 12.0 Å². The van der Waals surface area contributed by atoms with E-state index in [4.69, 9.17) is 0 Å². The first-order valence-electron chi connectivity index (χ1n) is 10.0. The van der Waals surface area contributed by atoms with Crippen molar-refractivity contribution in [3.63, 3.8) is 0 Å². The number of nitrogens with zero attached hydrogens (tertiary/aromatic N) is 2. The molecule has 0 atom stereocenters. The Morgan fingerprint density at radius 2 is 1.46 bits per heavy atom. The van der Waals surface area contributed by atoms with Crippen LogP contribution in [0.3, 0.4) is 0 Å². The summed E-state index contributed by atoms with van der Waals surface area (Å²) in [5.41, 5.74) is -6.54.